The van der Waals surface area contributed by atoms with Crippen LogP contribution < -0.4 is 23.8 Å². The Bertz CT molecular complexity index is 1650. The van der Waals surface area contributed by atoms with Crippen molar-refractivity contribution in [1.82, 2.24) is 9.62 Å². The molecule has 1 amide bonds. The number of carbonyl (C=O) groups excluding carboxylic acids is 1. The van der Waals surface area contributed by atoms with Crippen LogP contribution in [-0.2, 0) is 27.8 Å². The van der Waals surface area contributed by atoms with Gasteiger partial charge in [0.15, 0.2) is 0 Å². The molecule has 4 bridgehead atoms. The minimum Gasteiger partial charge on any atom is -0.493 e. The number of ether oxygens (including phenoxy) is 4. The monoisotopic (exact) mass is 689 g/mol. The highest BCUT2D eigenvalue weighted by Crippen LogP contribution is 2.47. The number of hydrogen-bond donors (Lipinski definition) is 1. The van der Waals surface area contributed by atoms with Crippen LogP contribution in [0, 0.1) is 11.8 Å². The van der Waals surface area contributed by atoms with Gasteiger partial charge in [-0.2, -0.15) is 0 Å². The molecule has 1 spiro atoms. The van der Waals surface area contributed by atoms with Crippen LogP contribution in [0.25, 0.3) is 0 Å². The lowest BCUT2D eigenvalue weighted by atomic mass is 9.69. The predicted octanol–water partition coefficient (Wildman–Crippen LogP) is 6.31. The van der Waals surface area contributed by atoms with Gasteiger partial charge in [-0.05, 0) is 115 Å². The largest absolute Gasteiger partial charge is 0.493 e. The molecule has 10 heteroatoms. The summed E-state index contributed by atoms with van der Waals surface area (Å²) in [6, 6.07) is 18.7. The Morgan fingerprint density at radius 3 is 2.79 bits per heavy atom. The maximum absolute atomic E-state index is 13.2. The summed E-state index contributed by atoms with van der Waals surface area (Å²) in [5.74, 6) is 3.31. The van der Waals surface area contributed by atoms with Gasteiger partial charge in [0.05, 0.1) is 38.5 Å². The van der Waals surface area contributed by atoms with Gasteiger partial charge < -0.3 is 23.8 Å². The minimum atomic E-state index is -0.117. The van der Waals surface area contributed by atoms with Crippen molar-refractivity contribution in [3.63, 3.8) is 0 Å². The van der Waals surface area contributed by atoms with Crippen LogP contribution >= 0.6 is 23.5 Å². The predicted molar refractivity (Wildman–Crippen MR) is 189 cm³/mol. The fourth-order valence-electron chi connectivity index (χ4n) is 8.10. The fourth-order valence-corrected chi connectivity index (χ4v) is 8.90. The standard InChI is InChI=1S/C38H44ClN3O5S/c39-30-5-7-34-27(19-30)2-1-9-38(34)24-42-22-28-3-4-29(28)23-46-32-17-26(16-31(20-32)45-15-12-41-10-13-44-14-11-41)18-37(43)40-48-33-6-8-36(47-25-38)35(42)21-33/h5-8,16-17,19-21,28-29H,1-4,9-15,18,22-25H2,(H,40,43)/t28-,29-,38-/m0/s1. The van der Waals surface area contributed by atoms with Crippen molar-refractivity contribution in [1.29, 1.82) is 0 Å². The third-order valence-electron chi connectivity index (χ3n) is 10.9. The molecule has 3 aromatic carbocycles. The Hall–Kier alpha value is -3.11. The first-order chi connectivity index (χ1) is 23.5. The zero-order chi connectivity index (χ0) is 32.5. The van der Waals surface area contributed by atoms with Crippen molar-refractivity contribution in [3.05, 3.63) is 76.3 Å². The highest BCUT2D eigenvalue weighted by atomic mass is 35.5. The van der Waals surface area contributed by atoms with E-state index in [1.165, 1.54) is 29.5 Å². The van der Waals surface area contributed by atoms with Gasteiger partial charge in [-0.15, -0.1) is 0 Å². The van der Waals surface area contributed by atoms with E-state index in [0.717, 1.165) is 110 Å². The summed E-state index contributed by atoms with van der Waals surface area (Å²) in [4.78, 5) is 19.2. The first-order valence-electron chi connectivity index (χ1n) is 17.5. The number of morpholine rings is 1. The highest BCUT2D eigenvalue weighted by Gasteiger charge is 2.43. The maximum Gasteiger partial charge on any atom is 0.234 e. The van der Waals surface area contributed by atoms with Gasteiger partial charge in [-0.3, -0.25) is 14.4 Å². The van der Waals surface area contributed by atoms with Crippen LogP contribution in [0.5, 0.6) is 17.2 Å². The topological polar surface area (TPSA) is 72.5 Å². The molecule has 1 saturated heterocycles. The zero-order valence-electron chi connectivity index (χ0n) is 27.4. The SMILES string of the molecule is O=C1Cc2cc(OCCN3CCOCC3)cc(c2)OC[C@@H]2CC[C@H]2CN2C[C@@]3(CCCc4cc(Cl)ccc43)COc3ccc(cc32)SN1. The number of carbonyl (C=O) groups is 1. The third-order valence-corrected chi connectivity index (χ3v) is 11.9. The molecule has 0 unspecified atom stereocenters. The molecule has 3 aliphatic heterocycles. The molecular weight excluding hydrogens is 646 g/mol. The molecular formula is C38H44ClN3O5S. The van der Waals surface area contributed by atoms with E-state index in [0.29, 0.717) is 31.7 Å². The van der Waals surface area contributed by atoms with E-state index in [-0.39, 0.29) is 17.7 Å². The smallest absolute Gasteiger partial charge is 0.234 e. The molecule has 1 saturated carbocycles. The lowest BCUT2D eigenvalue weighted by Crippen LogP contribution is -2.49. The molecule has 254 valence electrons. The van der Waals surface area contributed by atoms with Gasteiger partial charge in [0.1, 0.15) is 23.9 Å². The molecule has 3 heterocycles. The van der Waals surface area contributed by atoms with Crippen LogP contribution in [0.2, 0.25) is 5.02 Å². The van der Waals surface area contributed by atoms with Gasteiger partial charge in [-0.1, -0.05) is 17.7 Å². The summed E-state index contributed by atoms with van der Waals surface area (Å²) in [6.45, 7) is 7.91. The Kier molecular flexibility index (Phi) is 9.38. The number of benzene rings is 3. The van der Waals surface area contributed by atoms with Crippen molar-refractivity contribution in [2.75, 3.05) is 70.7 Å². The van der Waals surface area contributed by atoms with E-state index in [1.54, 1.807) is 0 Å². The molecule has 48 heavy (non-hydrogen) atoms. The summed E-state index contributed by atoms with van der Waals surface area (Å²) in [5, 5.41) is 0.798. The summed E-state index contributed by atoms with van der Waals surface area (Å²) < 4.78 is 28.0. The number of amides is 1. The summed E-state index contributed by atoms with van der Waals surface area (Å²) in [5.41, 5.74) is 4.59. The van der Waals surface area contributed by atoms with Crippen molar-refractivity contribution >= 4 is 35.1 Å². The van der Waals surface area contributed by atoms with Gasteiger partial charge in [0, 0.05) is 54.1 Å². The third kappa shape index (κ3) is 6.97. The normalized spacial score (nSPS) is 25.8. The number of anilines is 1. The Labute approximate surface area is 292 Å². The molecule has 2 aliphatic carbocycles. The molecule has 3 aromatic rings. The summed E-state index contributed by atoms with van der Waals surface area (Å²) in [6.07, 6.45) is 5.81. The zero-order valence-corrected chi connectivity index (χ0v) is 29.0. The second-order valence-corrected chi connectivity index (χ2v) is 15.4. The van der Waals surface area contributed by atoms with E-state index in [2.05, 4.69) is 44.9 Å². The molecule has 0 radical (unpaired) electrons. The quantitative estimate of drug-likeness (QED) is 0.320. The number of hydrogen-bond acceptors (Lipinski definition) is 8. The second-order valence-electron chi connectivity index (χ2n) is 14.1. The van der Waals surface area contributed by atoms with Crippen LogP contribution in [0.4, 0.5) is 5.69 Å². The van der Waals surface area contributed by atoms with Crippen molar-refractivity contribution in [2.45, 2.75) is 48.8 Å². The number of rotatable bonds is 4. The van der Waals surface area contributed by atoms with Crippen LogP contribution in [0.1, 0.15) is 42.4 Å². The molecule has 8 rings (SSSR count). The van der Waals surface area contributed by atoms with E-state index in [4.69, 9.17) is 30.5 Å². The Balaban J connectivity index is 1.05. The minimum absolute atomic E-state index is 0.0676. The summed E-state index contributed by atoms with van der Waals surface area (Å²) >= 11 is 7.82. The van der Waals surface area contributed by atoms with Gasteiger partial charge >= 0.3 is 0 Å². The van der Waals surface area contributed by atoms with Gasteiger partial charge in [0.25, 0.3) is 0 Å². The lowest BCUT2D eigenvalue weighted by Gasteiger charge is -2.44. The van der Waals surface area contributed by atoms with Crippen molar-refractivity contribution < 1.29 is 23.7 Å². The molecule has 8 nitrogen and oxygen atoms in total. The number of halogens is 1. The number of nitrogens with one attached hydrogen (secondary N) is 1. The maximum atomic E-state index is 13.2. The average Bonchev–Trinajstić information content (AvgIpc) is 3.22. The van der Waals surface area contributed by atoms with E-state index in [9.17, 15) is 4.79 Å². The highest BCUT2D eigenvalue weighted by molar-refractivity contribution is 7.98. The first kappa shape index (κ1) is 32.1. The lowest BCUT2D eigenvalue weighted by molar-refractivity contribution is -0.118. The molecule has 0 aromatic heterocycles. The number of fused-ring (bicyclic) bond motifs is 6. The fraction of sp³-hybridized carbons (Fsp3) is 0.500. The van der Waals surface area contributed by atoms with Crippen LogP contribution in [-0.4, -0.2) is 76.6 Å². The Morgan fingerprint density at radius 2 is 1.92 bits per heavy atom. The molecule has 2 fully saturated rings. The molecule has 5 aliphatic rings. The van der Waals surface area contributed by atoms with E-state index < -0.39 is 0 Å². The first-order valence-corrected chi connectivity index (χ1v) is 18.7. The average molecular weight is 690 g/mol. The van der Waals surface area contributed by atoms with E-state index in [1.807, 2.05) is 24.3 Å². The van der Waals surface area contributed by atoms with Crippen molar-refractivity contribution in [2.24, 2.45) is 11.8 Å². The molecule has 3 atom stereocenters. The number of nitrogens with zero attached hydrogens (tertiary/aromatic N) is 2. The van der Waals surface area contributed by atoms with Gasteiger partial charge in [-0.25, -0.2) is 0 Å². The van der Waals surface area contributed by atoms with Crippen molar-refractivity contribution in [3.8, 4) is 17.2 Å². The summed E-state index contributed by atoms with van der Waals surface area (Å²) in [7, 11) is 0. The van der Waals surface area contributed by atoms with Crippen LogP contribution in [0.3, 0.4) is 0 Å². The molecule has 1 N–H and O–H groups in total. The van der Waals surface area contributed by atoms with Gasteiger partial charge in [0.2, 0.25) is 5.91 Å². The Morgan fingerprint density at radius 1 is 1.02 bits per heavy atom. The van der Waals surface area contributed by atoms with Crippen LogP contribution in [0.15, 0.2) is 59.5 Å². The number of aryl methyl sites for hydroxylation is 1. The van der Waals surface area contributed by atoms with E-state index >= 15 is 0 Å². The second kappa shape index (κ2) is 14.0.